The molecule has 3 aromatic rings. The van der Waals surface area contributed by atoms with E-state index >= 15 is 0 Å². The van der Waals surface area contributed by atoms with Crippen LogP contribution in [0.5, 0.6) is 17.2 Å². The van der Waals surface area contributed by atoms with E-state index < -0.39 is 30.3 Å². The van der Waals surface area contributed by atoms with E-state index in [9.17, 15) is 19.2 Å². The number of carbonyl (C=O) groups is 4. The van der Waals surface area contributed by atoms with Gasteiger partial charge in [0.05, 0.1) is 29.0 Å². The number of imide groups is 1. The number of hydrogen-bond donors (Lipinski definition) is 1. The number of rotatable bonds is 7. The van der Waals surface area contributed by atoms with Crippen molar-refractivity contribution in [3.05, 3.63) is 77.4 Å². The molecule has 3 amide bonds. The van der Waals surface area contributed by atoms with Crippen LogP contribution in [0.4, 0.5) is 11.4 Å². The van der Waals surface area contributed by atoms with E-state index in [0.29, 0.717) is 35.2 Å². The van der Waals surface area contributed by atoms with Gasteiger partial charge in [-0.2, -0.15) is 0 Å². The van der Waals surface area contributed by atoms with Crippen LogP contribution < -0.4 is 24.4 Å². The van der Waals surface area contributed by atoms with Crippen LogP contribution in [-0.4, -0.2) is 43.7 Å². The number of nitrogens with one attached hydrogen (secondary N) is 1. The van der Waals surface area contributed by atoms with Crippen molar-refractivity contribution < 1.29 is 38.1 Å². The third-order valence-electron chi connectivity index (χ3n) is 5.52. The highest BCUT2D eigenvalue weighted by Crippen LogP contribution is 2.34. The van der Waals surface area contributed by atoms with Gasteiger partial charge in [0.15, 0.2) is 18.1 Å². The lowest BCUT2D eigenvalue weighted by atomic mass is 10.1. The average Bonchev–Trinajstić information content (AvgIpc) is 3.45. The molecule has 10 nitrogen and oxygen atoms in total. The van der Waals surface area contributed by atoms with Crippen LogP contribution in [0.3, 0.4) is 0 Å². The second kappa shape index (κ2) is 9.41. The van der Waals surface area contributed by atoms with Crippen LogP contribution >= 0.6 is 0 Å². The maximum atomic E-state index is 13.0. The van der Waals surface area contributed by atoms with Crippen LogP contribution in [0, 0.1) is 0 Å². The molecule has 182 valence electrons. The van der Waals surface area contributed by atoms with Gasteiger partial charge in [-0.05, 0) is 61.5 Å². The zero-order valence-electron chi connectivity index (χ0n) is 19.1. The van der Waals surface area contributed by atoms with Gasteiger partial charge in [-0.3, -0.25) is 14.4 Å². The van der Waals surface area contributed by atoms with Crippen LogP contribution in [-0.2, 0) is 9.53 Å². The number of esters is 1. The fourth-order valence-electron chi connectivity index (χ4n) is 3.85. The molecular formula is C26H20N2O8. The van der Waals surface area contributed by atoms with Gasteiger partial charge in [-0.25, -0.2) is 9.69 Å². The molecule has 2 heterocycles. The van der Waals surface area contributed by atoms with Crippen molar-refractivity contribution in [2.75, 3.05) is 30.2 Å². The summed E-state index contributed by atoms with van der Waals surface area (Å²) in [5.74, 6) is -0.733. The second-order valence-corrected chi connectivity index (χ2v) is 7.83. The molecule has 0 aliphatic carbocycles. The van der Waals surface area contributed by atoms with Crippen molar-refractivity contribution in [3.8, 4) is 17.2 Å². The predicted octanol–water partition coefficient (Wildman–Crippen LogP) is 3.41. The van der Waals surface area contributed by atoms with Gasteiger partial charge in [0, 0.05) is 11.8 Å². The first-order valence-corrected chi connectivity index (χ1v) is 11.1. The van der Waals surface area contributed by atoms with Crippen LogP contribution in [0.15, 0.2) is 60.7 Å². The summed E-state index contributed by atoms with van der Waals surface area (Å²) in [4.78, 5) is 51.6. The molecular weight excluding hydrogens is 468 g/mol. The summed E-state index contributed by atoms with van der Waals surface area (Å²) >= 11 is 0. The first kappa shape index (κ1) is 22.9. The second-order valence-electron chi connectivity index (χ2n) is 7.83. The van der Waals surface area contributed by atoms with E-state index in [1.165, 1.54) is 18.2 Å². The summed E-state index contributed by atoms with van der Waals surface area (Å²) in [7, 11) is 0. The van der Waals surface area contributed by atoms with Crippen LogP contribution in [0.1, 0.15) is 38.0 Å². The molecule has 2 aliphatic rings. The average molecular weight is 488 g/mol. The van der Waals surface area contributed by atoms with Gasteiger partial charge < -0.3 is 24.3 Å². The van der Waals surface area contributed by atoms with Gasteiger partial charge in [-0.15, -0.1) is 0 Å². The SMILES string of the molecule is CCOc1ccc(N2C(=O)c3ccc(C(=O)OCC(=O)Nc4ccc5c(c4)OCO5)cc3C2=O)cc1. The van der Waals surface area contributed by atoms with Crippen molar-refractivity contribution >= 4 is 35.1 Å². The van der Waals surface area contributed by atoms with Crippen molar-refractivity contribution in [1.29, 1.82) is 0 Å². The molecule has 0 bridgehead atoms. The first-order chi connectivity index (χ1) is 17.4. The van der Waals surface area contributed by atoms with E-state index in [1.54, 1.807) is 42.5 Å². The highest BCUT2D eigenvalue weighted by molar-refractivity contribution is 6.34. The summed E-state index contributed by atoms with van der Waals surface area (Å²) in [6, 6.07) is 15.5. The number of ether oxygens (including phenoxy) is 4. The lowest BCUT2D eigenvalue weighted by molar-refractivity contribution is -0.119. The molecule has 10 heteroatoms. The quantitative estimate of drug-likeness (QED) is 0.397. The lowest BCUT2D eigenvalue weighted by Crippen LogP contribution is -2.29. The van der Waals surface area contributed by atoms with E-state index in [4.69, 9.17) is 18.9 Å². The monoisotopic (exact) mass is 488 g/mol. The van der Waals surface area contributed by atoms with Gasteiger partial charge >= 0.3 is 5.97 Å². The highest BCUT2D eigenvalue weighted by Gasteiger charge is 2.37. The highest BCUT2D eigenvalue weighted by atomic mass is 16.7. The summed E-state index contributed by atoms with van der Waals surface area (Å²) < 4.78 is 21.0. The summed E-state index contributed by atoms with van der Waals surface area (Å²) in [6.45, 7) is 1.91. The lowest BCUT2D eigenvalue weighted by Gasteiger charge is -2.14. The van der Waals surface area contributed by atoms with Crippen LogP contribution in [0.25, 0.3) is 0 Å². The molecule has 36 heavy (non-hydrogen) atoms. The molecule has 0 radical (unpaired) electrons. The van der Waals surface area contributed by atoms with E-state index in [0.717, 1.165) is 4.90 Å². The van der Waals surface area contributed by atoms with E-state index in [2.05, 4.69) is 5.32 Å². The molecule has 0 fully saturated rings. The maximum Gasteiger partial charge on any atom is 0.338 e. The van der Waals surface area contributed by atoms with Crippen molar-refractivity contribution in [2.45, 2.75) is 6.92 Å². The topological polar surface area (TPSA) is 120 Å². The smallest absolute Gasteiger partial charge is 0.338 e. The number of amides is 3. The number of hydrogen-bond acceptors (Lipinski definition) is 8. The Kier molecular flexibility index (Phi) is 5.99. The summed E-state index contributed by atoms with van der Waals surface area (Å²) in [6.07, 6.45) is 0. The van der Waals surface area contributed by atoms with Crippen molar-refractivity contribution in [3.63, 3.8) is 0 Å². The Morgan fingerprint density at radius 1 is 0.917 bits per heavy atom. The van der Waals surface area contributed by atoms with Crippen LogP contribution in [0.2, 0.25) is 0 Å². The molecule has 0 aromatic heterocycles. The van der Waals surface area contributed by atoms with Gasteiger partial charge in [0.2, 0.25) is 6.79 Å². The van der Waals surface area contributed by atoms with E-state index in [-0.39, 0.29) is 23.5 Å². The van der Waals surface area contributed by atoms with Crippen molar-refractivity contribution in [1.82, 2.24) is 0 Å². The minimum atomic E-state index is -0.807. The fraction of sp³-hybridized carbons (Fsp3) is 0.154. The summed E-state index contributed by atoms with van der Waals surface area (Å²) in [5.41, 5.74) is 1.13. The minimum Gasteiger partial charge on any atom is -0.494 e. The number of anilines is 2. The van der Waals surface area contributed by atoms with Gasteiger partial charge in [-0.1, -0.05) is 0 Å². The maximum absolute atomic E-state index is 13.0. The zero-order valence-corrected chi connectivity index (χ0v) is 19.1. The number of carbonyl (C=O) groups excluding carboxylic acids is 4. The van der Waals surface area contributed by atoms with Gasteiger partial charge in [0.25, 0.3) is 17.7 Å². The Morgan fingerprint density at radius 3 is 2.44 bits per heavy atom. The Morgan fingerprint density at radius 2 is 1.67 bits per heavy atom. The molecule has 2 aliphatic heterocycles. The third kappa shape index (κ3) is 4.31. The minimum absolute atomic E-state index is 0.0410. The standard InChI is InChI=1S/C26H20N2O8/c1-2-33-18-7-5-17(6-8-18)28-24(30)19-9-3-15(11-20(19)25(28)31)26(32)34-13-23(29)27-16-4-10-21-22(12-16)36-14-35-21/h3-12H,2,13-14H2,1H3,(H,27,29). The molecule has 0 atom stereocenters. The Labute approximate surface area is 205 Å². The van der Waals surface area contributed by atoms with Gasteiger partial charge in [0.1, 0.15) is 5.75 Å². The van der Waals surface area contributed by atoms with Crippen molar-refractivity contribution in [2.24, 2.45) is 0 Å². The molecule has 3 aromatic carbocycles. The molecule has 0 saturated heterocycles. The summed E-state index contributed by atoms with van der Waals surface area (Å²) in [5, 5.41) is 2.60. The Bertz CT molecular complexity index is 1380. The number of fused-ring (bicyclic) bond motifs is 2. The molecule has 0 unspecified atom stereocenters. The largest absolute Gasteiger partial charge is 0.494 e. The first-order valence-electron chi connectivity index (χ1n) is 11.1. The Balaban J connectivity index is 1.23. The molecule has 5 rings (SSSR count). The molecule has 1 N–H and O–H groups in total. The third-order valence-corrected chi connectivity index (χ3v) is 5.52. The zero-order chi connectivity index (χ0) is 25.2. The Hall–Kier alpha value is -4.86. The number of nitrogens with zero attached hydrogens (tertiary/aromatic N) is 1. The fourth-order valence-corrected chi connectivity index (χ4v) is 3.85. The molecule has 0 saturated carbocycles. The normalized spacial score (nSPS) is 13.4. The van der Waals surface area contributed by atoms with E-state index in [1.807, 2.05) is 6.92 Å². The predicted molar refractivity (Wildman–Crippen MR) is 127 cm³/mol. The number of benzene rings is 3. The molecule has 0 spiro atoms.